The first-order chi connectivity index (χ1) is 16.4. The Morgan fingerprint density at radius 1 is 1.11 bits per heavy atom. The molecule has 1 aromatic carbocycles. The van der Waals surface area contributed by atoms with Crippen LogP contribution in [-0.2, 0) is 31.1 Å². The normalized spacial score (nSPS) is 18.2. The predicted octanol–water partition coefficient (Wildman–Crippen LogP) is 2.52. The molecule has 2 N–H and O–H groups in total. The molecule has 10 heteroatoms. The second-order valence-corrected chi connectivity index (χ2v) is 14.3. The van der Waals surface area contributed by atoms with E-state index in [0.717, 1.165) is 37.5 Å². The van der Waals surface area contributed by atoms with Gasteiger partial charge in [0, 0.05) is 25.3 Å². The van der Waals surface area contributed by atoms with E-state index in [2.05, 4.69) is 5.32 Å². The van der Waals surface area contributed by atoms with Gasteiger partial charge in [0.25, 0.3) is 0 Å². The van der Waals surface area contributed by atoms with Gasteiger partial charge in [-0.2, -0.15) is 4.31 Å². The van der Waals surface area contributed by atoms with Crippen LogP contribution in [0.3, 0.4) is 0 Å². The summed E-state index contributed by atoms with van der Waals surface area (Å²) in [4.78, 5) is 12.8. The zero-order chi connectivity index (χ0) is 26.1. The topological polar surface area (TPSA) is 121 Å². The maximum Gasteiger partial charge on any atom is 0.224 e. The van der Waals surface area contributed by atoms with Gasteiger partial charge in [0.15, 0.2) is 0 Å². The lowest BCUT2D eigenvalue weighted by Gasteiger charge is -2.33. The molecule has 1 saturated carbocycles. The third kappa shape index (κ3) is 9.82. The van der Waals surface area contributed by atoms with Crippen molar-refractivity contribution in [1.29, 1.82) is 0 Å². The molecule has 0 bridgehead atoms. The van der Waals surface area contributed by atoms with E-state index in [-0.39, 0.29) is 12.3 Å². The molecule has 0 spiro atoms. The summed E-state index contributed by atoms with van der Waals surface area (Å²) in [6, 6.07) is 8.56. The Kier molecular flexibility index (Phi) is 11.7. The summed E-state index contributed by atoms with van der Waals surface area (Å²) in [5.41, 5.74) is 0.878. The fourth-order valence-corrected chi connectivity index (χ4v) is 7.73. The second-order valence-electron chi connectivity index (χ2n) is 9.88. The van der Waals surface area contributed by atoms with Crippen LogP contribution in [0.5, 0.6) is 0 Å². The van der Waals surface area contributed by atoms with Crippen LogP contribution in [0.2, 0.25) is 0 Å². The lowest BCUT2D eigenvalue weighted by molar-refractivity contribution is -0.125. The number of sulfonamides is 1. The van der Waals surface area contributed by atoms with Crippen molar-refractivity contribution in [2.45, 2.75) is 82.6 Å². The molecule has 2 rings (SSSR count). The van der Waals surface area contributed by atoms with Crippen molar-refractivity contribution in [3.63, 3.8) is 0 Å². The van der Waals surface area contributed by atoms with Gasteiger partial charge < -0.3 is 10.4 Å². The number of nitrogens with zero attached hydrogens (tertiary/aromatic N) is 1. The number of sulfone groups is 1. The van der Waals surface area contributed by atoms with Crippen LogP contribution in [0, 0.1) is 5.92 Å². The summed E-state index contributed by atoms with van der Waals surface area (Å²) in [5, 5.41) is 13.6. The molecule has 1 fully saturated rings. The van der Waals surface area contributed by atoms with Crippen molar-refractivity contribution in [2.75, 3.05) is 25.1 Å². The summed E-state index contributed by atoms with van der Waals surface area (Å²) < 4.78 is 51.6. The van der Waals surface area contributed by atoms with Gasteiger partial charge in [-0.1, -0.05) is 69.9 Å². The highest BCUT2D eigenvalue weighted by Crippen LogP contribution is 2.27. The van der Waals surface area contributed by atoms with Gasteiger partial charge in [0.1, 0.15) is 9.84 Å². The van der Waals surface area contributed by atoms with E-state index < -0.39 is 49.1 Å². The van der Waals surface area contributed by atoms with Crippen LogP contribution >= 0.6 is 0 Å². The van der Waals surface area contributed by atoms with E-state index in [4.69, 9.17) is 0 Å². The van der Waals surface area contributed by atoms with E-state index in [0.29, 0.717) is 32.2 Å². The number of rotatable bonds is 14. The molecule has 1 aliphatic carbocycles. The average Bonchev–Trinajstić information content (AvgIpc) is 2.81. The zero-order valence-electron chi connectivity index (χ0n) is 21.2. The minimum absolute atomic E-state index is 0.114. The van der Waals surface area contributed by atoms with E-state index in [9.17, 15) is 26.7 Å². The van der Waals surface area contributed by atoms with Gasteiger partial charge in [-0.05, 0) is 31.2 Å². The van der Waals surface area contributed by atoms with E-state index in [1.165, 1.54) is 11.2 Å². The Morgan fingerprint density at radius 2 is 1.74 bits per heavy atom. The standard InChI is InChI=1S/C25H42N2O6S2/c1-4-5-16-27(35(32,33)22-14-10-7-11-15-22)18-24(28)23(17-21-12-8-6-9-13-21)26-25(29)20(2)19-34(3,30)31/h6,8-9,12-13,20,22-24,28H,4-5,7,10-11,14-19H2,1-3H3,(H,26,29)/t20-,23+,24-/m1/s1. The lowest BCUT2D eigenvalue weighted by Crippen LogP contribution is -2.53. The van der Waals surface area contributed by atoms with Gasteiger partial charge in [0.2, 0.25) is 15.9 Å². The molecule has 3 atom stereocenters. The van der Waals surface area contributed by atoms with Crippen LogP contribution in [0.1, 0.15) is 64.4 Å². The van der Waals surface area contributed by atoms with E-state index >= 15 is 0 Å². The van der Waals surface area contributed by atoms with Crippen molar-refractivity contribution in [1.82, 2.24) is 9.62 Å². The van der Waals surface area contributed by atoms with Gasteiger partial charge in [-0.3, -0.25) is 4.79 Å². The molecule has 1 amide bonds. The molecular formula is C25H42N2O6S2. The predicted molar refractivity (Wildman–Crippen MR) is 139 cm³/mol. The number of hydrogen-bond donors (Lipinski definition) is 2. The molecular weight excluding hydrogens is 488 g/mol. The zero-order valence-corrected chi connectivity index (χ0v) is 22.9. The smallest absolute Gasteiger partial charge is 0.224 e. The summed E-state index contributed by atoms with van der Waals surface area (Å²) in [6.45, 7) is 3.73. The first kappa shape index (κ1) is 29.7. The Bertz CT molecular complexity index is 992. The molecule has 0 aromatic heterocycles. The number of aliphatic hydroxyl groups is 1. The Balaban J connectivity index is 2.24. The Labute approximate surface area is 211 Å². The molecule has 200 valence electrons. The molecule has 35 heavy (non-hydrogen) atoms. The van der Waals surface area contributed by atoms with Crippen LogP contribution in [-0.4, -0.2) is 74.6 Å². The number of aliphatic hydroxyl groups excluding tert-OH is 1. The summed E-state index contributed by atoms with van der Waals surface area (Å²) >= 11 is 0. The first-order valence-electron chi connectivity index (χ1n) is 12.6. The number of carbonyl (C=O) groups excluding carboxylic acids is 1. The fourth-order valence-electron chi connectivity index (χ4n) is 4.57. The van der Waals surface area contributed by atoms with Crippen molar-refractivity contribution in [2.24, 2.45) is 5.92 Å². The molecule has 0 saturated heterocycles. The number of nitrogens with one attached hydrogen (secondary N) is 1. The molecule has 1 aromatic rings. The maximum atomic E-state index is 13.5. The molecule has 0 radical (unpaired) electrons. The van der Waals surface area contributed by atoms with Crippen molar-refractivity contribution >= 4 is 25.8 Å². The molecule has 1 aliphatic rings. The van der Waals surface area contributed by atoms with Gasteiger partial charge in [-0.15, -0.1) is 0 Å². The third-order valence-electron chi connectivity index (χ3n) is 6.58. The second kappa shape index (κ2) is 13.7. The van der Waals surface area contributed by atoms with Crippen LogP contribution in [0.25, 0.3) is 0 Å². The average molecular weight is 531 g/mol. The minimum atomic E-state index is -3.59. The first-order valence-corrected chi connectivity index (χ1v) is 16.2. The quantitative estimate of drug-likeness (QED) is 0.381. The fraction of sp³-hybridized carbons (Fsp3) is 0.720. The number of benzene rings is 1. The van der Waals surface area contributed by atoms with Gasteiger partial charge in [0.05, 0.1) is 23.1 Å². The van der Waals surface area contributed by atoms with Gasteiger partial charge in [-0.25, -0.2) is 16.8 Å². The number of carbonyl (C=O) groups is 1. The number of hydrogen-bond acceptors (Lipinski definition) is 6. The van der Waals surface area contributed by atoms with Crippen LogP contribution < -0.4 is 5.32 Å². The molecule has 0 aliphatic heterocycles. The van der Waals surface area contributed by atoms with Crippen LogP contribution in [0.15, 0.2) is 30.3 Å². The molecule has 0 heterocycles. The largest absolute Gasteiger partial charge is 0.390 e. The minimum Gasteiger partial charge on any atom is -0.390 e. The lowest BCUT2D eigenvalue weighted by atomic mass is 10.00. The highest BCUT2D eigenvalue weighted by Gasteiger charge is 2.35. The summed E-state index contributed by atoms with van der Waals surface area (Å²) in [7, 11) is -6.94. The molecule has 8 nitrogen and oxygen atoms in total. The number of unbranched alkanes of at least 4 members (excludes halogenated alkanes) is 1. The summed E-state index contributed by atoms with van der Waals surface area (Å²) in [6.07, 6.45) is 5.81. The Hall–Kier alpha value is -1.49. The third-order valence-corrected chi connectivity index (χ3v) is 10.0. The SMILES string of the molecule is CCCCN(C[C@@H](O)[C@H](Cc1ccccc1)NC(=O)[C@H](C)CS(C)(=O)=O)S(=O)(=O)C1CCCCC1. The molecule has 0 unspecified atom stereocenters. The van der Waals surface area contributed by atoms with Crippen LogP contribution in [0.4, 0.5) is 0 Å². The number of amides is 1. The monoisotopic (exact) mass is 530 g/mol. The van der Waals surface area contributed by atoms with Crippen molar-refractivity contribution in [3.8, 4) is 0 Å². The Morgan fingerprint density at radius 3 is 2.31 bits per heavy atom. The van der Waals surface area contributed by atoms with E-state index in [1.54, 1.807) is 0 Å². The van der Waals surface area contributed by atoms with E-state index in [1.807, 2.05) is 37.3 Å². The highest BCUT2D eigenvalue weighted by molar-refractivity contribution is 7.90. The maximum absolute atomic E-state index is 13.5. The summed E-state index contributed by atoms with van der Waals surface area (Å²) in [5.74, 6) is -1.57. The van der Waals surface area contributed by atoms with Crippen molar-refractivity contribution < 1.29 is 26.7 Å². The van der Waals surface area contributed by atoms with Gasteiger partial charge >= 0.3 is 0 Å². The highest BCUT2D eigenvalue weighted by atomic mass is 32.2. The van der Waals surface area contributed by atoms with Crippen molar-refractivity contribution in [3.05, 3.63) is 35.9 Å².